The largest absolute Gasteiger partial charge is 0.0888 e. The summed E-state index contributed by atoms with van der Waals surface area (Å²) < 4.78 is 0. The average Bonchev–Trinajstić information content (AvgIpc) is 2.39. The van der Waals surface area contributed by atoms with Crippen molar-refractivity contribution in [2.75, 3.05) is 0 Å². The first kappa shape index (κ1) is 17.2. The van der Waals surface area contributed by atoms with Gasteiger partial charge in [-0.15, -0.1) is 0 Å². The molecular formula is C18H32. The maximum Gasteiger partial charge on any atom is -0.0348 e. The summed E-state index contributed by atoms with van der Waals surface area (Å²) in [5, 5.41) is 0. The molecule has 0 heterocycles. The van der Waals surface area contributed by atoms with Crippen LogP contribution in [0.5, 0.6) is 0 Å². The smallest absolute Gasteiger partial charge is 0.0348 e. The van der Waals surface area contributed by atoms with E-state index in [4.69, 9.17) is 0 Å². The van der Waals surface area contributed by atoms with Gasteiger partial charge in [-0.1, -0.05) is 76.0 Å². The summed E-state index contributed by atoms with van der Waals surface area (Å²) in [5.41, 5.74) is 0. The maximum atomic E-state index is 2.33. The van der Waals surface area contributed by atoms with Crippen molar-refractivity contribution in [3.8, 4) is 0 Å². The standard InChI is InChI=1S/C18H32/c1-3-5-7-9-11-13-15-17-18-16-14-12-10-8-6-4-2/h5-9,11H,3-4,10,12-18H2,1-2H3/b7-5+,8-6+,11-9+. The van der Waals surface area contributed by atoms with Crippen LogP contribution in [0.4, 0.5) is 0 Å². The molecule has 0 spiro atoms. The van der Waals surface area contributed by atoms with Gasteiger partial charge in [-0.25, -0.2) is 0 Å². The van der Waals surface area contributed by atoms with E-state index in [1.165, 1.54) is 57.8 Å². The third-order valence-electron chi connectivity index (χ3n) is 3.01. The first-order valence-electron chi connectivity index (χ1n) is 7.88. The molecule has 0 aromatic heterocycles. The van der Waals surface area contributed by atoms with E-state index in [0.717, 1.165) is 6.42 Å². The zero-order valence-electron chi connectivity index (χ0n) is 12.5. The summed E-state index contributed by atoms with van der Waals surface area (Å²) in [7, 11) is 0. The van der Waals surface area contributed by atoms with Gasteiger partial charge in [-0.05, 0) is 38.5 Å². The van der Waals surface area contributed by atoms with Crippen molar-refractivity contribution in [1.82, 2.24) is 0 Å². The predicted octanol–water partition coefficient (Wildman–Crippen LogP) is 6.60. The van der Waals surface area contributed by atoms with Crippen LogP contribution in [0.2, 0.25) is 0 Å². The summed E-state index contributed by atoms with van der Waals surface area (Å²) in [6, 6.07) is 0. The molecule has 0 atom stereocenters. The Kier molecular flexibility index (Phi) is 15.5. The van der Waals surface area contributed by atoms with Crippen molar-refractivity contribution in [2.45, 2.75) is 78.1 Å². The lowest BCUT2D eigenvalue weighted by Crippen LogP contribution is -1.79. The minimum absolute atomic E-state index is 1.14. The van der Waals surface area contributed by atoms with Crippen LogP contribution >= 0.6 is 0 Å². The van der Waals surface area contributed by atoms with Crippen LogP contribution in [0.15, 0.2) is 36.5 Å². The third-order valence-corrected chi connectivity index (χ3v) is 3.01. The van der Waals surface area contributed by atoms with Crippen molar-refractivity contribution in [3.05, 3.63) is 36.5 Å². The van der Waals surface area contributed by atoms with E-state index in [9.17, 15) is 0 Å². The molecule has 0 amide bonds. The molecule has 0 nitrogen and oxygen atoms in total. The fraction of sp³-hybridized carbons (Fsp3) is 0.667. The first-order chi connectivity index (χ1) is 8.91. The molecule has 18 heavy (non-hydrogen) atoms. The van der Waals surface area contributed by atoms with Gasteiger partial charge < -0.3 is 0 Å². The zero-order valence-corrected chi connectivity index (χ0v) is 12.5. The Morgan fingerprint density at radius 3 is 1.61 bits per heavy atom. The van der Waals surface area contributed by atoms with E-state index in [-0.39, 0.29) is 0 Å². The fourth-order valence-corrected chi connectivity index (χ4v) is 1.91. The Hall–Kier alpha value is -0.780. The van der Waals surface area contributed by atoms with Crippen LogP contribution in [0.3, 0.4) is 0 Å². The van der Waals surface area contributed by atoms with Crippen molar-refractivity contribution in [1.29, 1.82) is 0 Å². The average molecular weight is 248 g/mol. The Balaban J connectivity index is 3.09. The predicted molar refractivity (Wildman–Crippen MR) is 84.9 cm³/mol. The Labute approximate surface area is 115 Å². The van der Waals surface area contributed by atoms with Crippen molar-refractivity contribution in [3.63, 3.8) is 0 Å². The number of allylic oxidation sites excluding steroid dienone is 6. The molecule has 0 fully saturated rings. The summed E-state index contributed by atoms with van der Waals surface area (Å²) in [4.78, 5) is 0. The molecule has 104 valence electrons. The van der Waals surface area contributed by atoms with Crippen LogP contribution < -0.4 is 0 Å². The minimum atomic E-state index is 1.14. The molecular weight excluding hydrogens is 216 g/mol. The summed E-state index contributed by atoms with van der Waals surface area (Å²) in [6.45, 7) is 4.37. The summed E-state index contributed by atoms with van der Waals surface area (Å²) in [6.07, 6.45) is 26.6. The SMILES string of the molecule is CC/C=C/C=C/CCCCCCCC/C=C/CC. The van der Waals surface area contributed by atoms with Crippen molar-refractivity contribution in [2.24, 2.45) is 0 Å². The van der Waals surface area contributed by atoms with Crippen LogP contribution in [0.25, 0.3) is 0 Å². The van der Waals surface area contributed by atoms with Gasteiger partial charge in [0.25, 0.3) is 0 Å². The quantitative estimate of drug-likeness (QED) is 0.207. The number of hydrogen-bond donors (Lipinski definition) is 0. The highest BCUT2D eigenvalue weighted by Gasteiger charge is 1.89. The second kappa shape index (κ2) is 16.2. The molecule has 0 aliphatic heterocycles. The molecule has 0 saturated heterocycles. The van der Waals surface area contributed by atoms with Crippen molar-refractivity contribution >= 4 is 0 Å². The highest BCUT2D eigenvalue weighted by Crippen LogP contribution is 2.09. The fourth-order valence-electron chi connectivity index (χ4n) is 1.91. The Bertz CT molecular complexity index is 220. The van der Waals surface area contributed by atoms with Gasteiger partial charge in [0.1, 0.15) is 0 Å². The van der Waals surface area contributed by atoms with Gasteiger partial charge in [0.15, 0.2) is 0 Å². The van der Waals surface area contributed by atoms with Gasteiger partial charge in [0, 0.05) is 0 Å². The second-order valence-corrected chi connectivity index (χ2v) is 4.84. The normalized spacial score (nSPS) is 12.3. The summed E-state index contributed by atoms with van der Waals surface area (Å²) in [5.74, 6) is 0. The van der Waals surface area contributed by atoms with Crippen LogP contribution in [-0.4, -0.2) is 0 Å². The lowest BCUT2D eigenvalue weighted by Gasteiger charge is -1.99. The van der Waals surface area contributed by atoms with Crippen LogP contribution in [-0.2, 0) is 0 Å². The monoisotopic (exact) mass is 248 g/mol. The Morgan fingerprint density at radius 1 is 0.500 bits per heavy atom. The maximum absolute atomic E-state index is 2.33. The molecule has 0 aliphatic carbocycles. The second-order valence-electron chi connectivity index (χ2n) is 4.84. The van der Waals surface area contributed by atoms with E-state index in [1.54, 1.807) is 0 Å². The lowest BCUT2D eigenvalue weighted by molar-refractivity contribution is 0.600. The molecule has 0 saturated carbocycles. The van der Waals surface area contributed by atoms with Gasteiger partial charge >= 0.3 is 0 Å². The van der Waals surface area contributed by atoms with Gasteiger partial charge in [-0.2, -0.15) is 0 Å². The van der Waals surface area contributed by atoms with E-state index >= 15 is 0 Å². The molecule has 0 aromatic rings. The lowest BCUT2D eigenvalue weighted by atomic mass is 10.1. The summed E-state index contributed by atoms with van der Waals surface area (Å²) >= 11 is 0. The van der Waals surface area contributed by atoms with E-state index in [2.05, 4.69) is 50.3 Å². The highest BCUT2D eigenvalue weighted by molar-refractivity contribution is 5.01. The minimum Gasteiger partial charge on any atom is -0.0888 e. The number of hydrogen-bond acceptors (Lipinski definition) is 0. The molecule has 0 unspecified atom stereocenters. The first-order valence-corrected chi connectivity index (χ1v) is 7.88. The molecule has 0 radical (unpaired) electrons. The molecule has 0 N–H and O–H groups in total. The zero-order chi connectivity index (χ0) is 13.3. The van der Waals surface area contributed by atoms with E-state index < -0.39 is 0 Å². The van der Waals surface area contributed by atoms with Crippen molar-refractivity contribution < 1.29 is 0 Å². The van der Waals surface area contributed by atoms with Gasteiger partial charge in [0.05, 0.1) is 0 Å². The van der Waals surface area contributed by atoms with Gasteiger partial charge in [0.2, 0.25) is 0 Å². The van der Waals surface area contributed by atoms with Crippen LogP contribution in [0, 0.1) is 0 Å². The molecule has 0 heteroatoms. The number of rotatable bonds is 12. The van der Waals surface area contributed by atoms with Crippen LogP contribution in [0.1, 0.15) is 78.1 Å². The third kappa shape index (κ3) is 15.2. The highest BCUT2D eigenvalue weighted by atomic mass is 14.0. The molecule has 0 bridgehead atoms. The Morgan fingerprint density at radius 2 is 1.00 bits per heavy atom. The molecule has 0 aliphatic rings. The molecule has 0 aromatic carbocycles. The topological polar surface area (TPSA) is 0 Å². The van der Waals surface area contributed by atoms with E-state index in [0.29, 0.717) is 0 Å². The van der Waals surface area contributed by atoms with Gasteiger partial charge in [-0.3, -0.25) is 0 Å². The van der Waals surface area contributed by atoms with E-state index in [1.807, 2.05) is 0 Å². The molecule has 0 rings (SSSR count). The number of unbranched alkanes of at least 4 members (excludes halogenated alkanes) is 7.